The van der Waals surface area contributed by atoms with Crippen molar-refractivity contribution in [1.29, 1.82) is 0 Å². The summed E-state index contributed by atoms with van der Waals surface area (Å²) < 4.78 is 5.20. The van der Waals surface area contributed by atoms with Crippen LogP contribution in [0.15, 0.2) is 60.3 Å². The average molecular weight is 324 g/mol. The van der Waals surface area contributed by atoms with Crippen molar-refractivity contribution in [3.05, 3.63) is 65.9 Å². The summed E-state index contributed by atoms with van der Waals surface area (Å²) >= 11 is 0. The zero-order valence-corrected chi connectivity index (χ0v) is 14.1. The summed E-state index contributed by atoms with van der Waals surface area (Å²) in [5.74, 6) is 0.883. The second-order valence-corrected chi connectivity index (χ2v) is 6.09. The third-order valence-electron chi connectivity index (χ3n) is 4.51. The molecule has 1 heterocycles. The number of carbonyl (C=O) groups excluding carboxylic acids is 1. The van der Waals surface area contributed by atoms with Crippen molar-refractivity contribution in [3.8, 4) is 5.75 Å². The van der Waals surface area contributed by atoms with E-state index in [0.29, 0.717) is 6.54 Å². The molecule has 0 amide bonds. The van der Waals surface area contributed by atoms with Crippen LogP contribution in [0.5, 0.6) is 5.75 Å². The number of methoxy groups -OCH3 is 1. The Labute approximate surface area is 143 Å². The Morgan fingerprint density at radius 2 is 1.96 bits per heavy atom. The summed E-state index contributed by atoms with van der Waals surface area (Å²) in [4.78, 5) is 17.1. The van der Waals surface area contributed by atoms with Gasteiger partial charge in [0.05, 0.1) is 13.7 Å². The maximum Gasteiger partial charge on any atom is 0.176 e. The lowest BCUT2D eigenvalue weighted by atomic mass is 10.1. The summed E-state index contributed by atoms with van der Waals surface area (Å²) in [7, 11) is 1.62. The number of ketones is 1. The number of hydrogen-bond acceptors (Lipinski definition) is 4. The maximum atomic E-state index is 12.5. The molecule has 0 bridgehead atoms. The molecule has 1 aromatic carbocycles. The van der Waals surface area contributed by atoms with Crippen molar-refractivity contribution >= 4 is 5.78 Å². The van der Waals surface area contributed by atoms with Crippen LogP contribution in [0.4, 0.5) is 0 Å². The highest BCUT2D eigenvalue weighted by molar-refractivity contribution is 5.97. The van der Waals surface area contributed by atoms with E-state index in [2.05, 4.69) is 40.2 Å². The highest BCUT2D eigenvalue weighted by Crippen LogP contribution is 2.17. The third kappa shape index (κ3) is 4.15. The van der Waals surface area contributed by atoms with E-state index < -0.39 is 0 Å². The summed E-state index contributed by atoms with van der Waals surface area (Å²) in [5, 5.41) is 0. The number of ether oxygens (including phenoxy) is 1. The number of benzene rings is 1. The van der Waals surface area contributed by atoms with Crippen molar-refractivity contribution in [2.75, 3.05) is 39.8 Å². The summed E-state index contributed by atoms with van der Waals surface area (Å²) in [6.45, 7) is 4.25. The molecule has 0 atom stereocenters. The lowest BCUT2D eigenvalue weighted by Gasteiger charge is -2.36. The molecule has 1 aliphatic carbocycles. The molecule has 3 rings (SSSR count). The zero-order chi connectivity index (χ0) is 16.8. The largest absolute Gasteiger partial charge is 0.497 e. The van der Waals surface area contributed by atoms with Gasteiger partial charge in [0.2, 0.25) is 0 Å². The van der Waals surface area contributed by atoms with Gasteiger partial charge in [-0.15, -0.1) is 0 Å². The van der Waals surface area contributed by atoms with Crippen molar-refractivity contribution < 1.29 is 9.53 Å². The Hall–Kier alpha value is -2.33. The van der Waals surface area contributed by atoms with Crippen LogP contribution in [0.3, 0.4) is 0 Å². The van der Waals surface area contributed by atoms with Crippen LogP contribution in [0, 0.1) is 0 Å². The lowest BCUT2D eigenvalue weighted by Crippen LogP contribution is -2.47. The van der Waals surface area contributed by atoms with Crippen LogP contribution >= 0.6 is 0 Å². The molecule has 2 aliphatic rings. The van der Waals surface area contributed by atoms with Gasteiger partial charge < -0.3 is 9.64 Å². The molecule has 0 radical (unpaired) electrons. The zero-order valence-electron chi connectivity index (χ0n) is 14.1. The van der Waals surface area contributed by atoms with Crippen LogP contribution in [0.1, 0.15) is 16.8 Å². The molecule has 1 aromatic rings. The van der Waals surface area contributed by atoms with E-state index in [-0.39, 0.29) is 5.78 Å². The van der Waals surface area contributed by atoms with Gasteiger partial charge in [-0.3, -0.25) is 9.69 Å². The first kappa shape index (κ1) is 16.5. The van der Waals surface area contributed by atoms with Crippen LogP contribution in [0.2, 0.25) is 0 Å². The number of carbonyl (C=O) groups is 1. The Balaban J connectivity index is 1.53. The van der Waals surface area contributed by atoms with E-state index in [9.17, 15) is 4.79 Å². The lowest BCUT2D eigenvalue weighted by molar-refractivity contribution is 0.0880. The topological polar surface area (TPSA) is 32.8 Å². The maximum absolute atomic E-state index is 12.5. The van der Waals surface area contributed by atoms with Gasteiger partial charge in [-0.2, -0.15) is 0 Å². The van der Waals surface area contributed by atoms with E-state index >= 15 is 0 Å². The molecular formula is C20H24N2O2. The number of allylic oxidation sites excluding steroid dienone is 5. The van der Waals surface area contributed by atoms with Gasteiger partial charge >= 0.3 is 0 Å². The summed E-state index contributed by atoms with van der Waals surface area (Å²) in [6.07, 6.45) is 11.6. The number of Topliss-reactive ketones (excluding diaryl/α,β-unsaturated/α-hetero) is 1. The third-order valence-corrected chi connectivity index (χ3v) is 4.51. The Bertz CT molecular complexity index is 668. The number of rotatable bonds is 5. The average Bonchev–Trinajstić information content (AvgIpc) is 2.92. The number of nitrogens with zero attached hydrogens (tertiary/aromatic N) is 2. The summed E-state index contributed by atoms with van der Waals surface area (Å²) in [6, 6.07) is 7.40. The molecule has 1 saturated heterocycles. The molecule has 126 valence electrons. The molecule has 1 fully saturated rings. The van der Waals surface area contributed by atoms with Crippen molar-refractivity contribution in [2.24, 2.45) is 0 Å². The molecule has 4 nitrogen and oxygen atoms in total. The Kier molecular flexibility index (Phi) is 5.49. The molecule has 0 saturated carbocycles. The predicted octanol–water partition coefficient (Wildman–Crippen LogP) is 2.90. The highest BCUT2D eigenvalue weighted by Gasteiger charge is 2.20. The fourth-order valence-electron chi connectivity index (χ4n) is 3.08. The summed E-state index contributed by atoms with van der Waals surface area (Å²) in [5.41, 5.74) is 2.08. The van der Waals surface area contributed by atoms with Crippen LogP contribution < -0.4 is 4.74 Å². The van der Waals surface area contributed by atoms with E-state index in [1.165, 1.54) is 5.70 Å². The smallest absolute Gasteiger partial charge is 0.176 e. The first-order valence-electron chi connectivity index (χ1n) is 8.43. The molecule has 24 heavy (non-hydrogen) atoms. The van der Waals surface area contributed by atoms with Gasteiger partial charge in [0.1, 0.15) is 5.75 Å². The number of piperazine rings is 1. The fraction of sp³-hybridized carbons (Fsp3) is 0.350. The molecule has 0 spiro atoms. The van der Waals surface area contributed by atoms with Gasteiger partial charge in [-0.25, -0.2) is 0 Å². The Morgan fingerprint density at radius 3 is 2.75 bits per heavy atom. The second-order valence-electron chi connectivity index (χ2n) is 6.09. The van der Waals surface area contributed by atoms with Gasteiger partial charge in [0.25, 0.3) is 0 Å². The van der Waals surface area contributed by atoms with E-state index in [1.807, 2.05) is 24.3 Å². The monoisotopic (exact) mass is 324 g/mol. The van der Waals surface area contributed by atoms with Gasteiger partial charge in [-0.1, -0.05) is 36.4 Å². The second kappa shape index (κ2) is 7.97. The fourth-order valence-corrected chi connectivity index (χ4v) is 3.08. The van der Waals surface area contributed by atoms with E-state index in [0.717, 1.165) is 43.9 Å². The van der Waals surface area contributed by atoms with Gasteiger partial charge in [0.15, 0.2) is 5.78 Å². The first-order chi connectivity index (χ1) is 11.8. The molecular weight excluding hydrogens is 300 g/mol. The first-order valence-corrected chi connectivity index (χ1v) is 8.43. The predicted molar refractivity (Wildman–Crippen MR) is 96.3 cm³/mol. The standard InChI is InChI=1S/C20H24N2O2/c1-24-19-10-6-7-17(15-19)20(23)16-21-11-13-22(14-12-21)18-8-4-2-3-5-9-18/h2-8,10,15H,9,11-14,16H2,1H3. The normalized spacial score (nSPS) is 18.2. The molecule has 0 aromatic heterocycles. The highest BCUT2D eigenvalue weighted by atomic mass is 16.5. The minimum atomic E-state index is 0.155. The van der Waals surface area contributed by atoms with E-state index in [4.69, 9.17) is 4.74 Å². The van der Waals surface area contributed by atoms with Crippen LogP contribution in [-0.2, 0) is 0 Å². The van der Waals surface area contributed by atoms with Crippen molar-refractivity contribution in [3.63, 3.8) is 0 Å². The quantitative estimate of drug-likeness (QED) is 0.780. The molecule has 4 heteroatoms. The van der Waals surface area contributed by atoms with Crippen LogP contribution in [-0.4, -0.2) is 55.4 Å². The van der Waals surface area contributed by atoms with Gasteiger partial charge in [0, 0.05) is 43.9 Å². The Morgan fingerprint density at radius 1 is 1.12 bits per heavy atom. The van der Waals surface area contributed by atoms with Crippen LogP contribution in [0.25, 0.3) is 0 Å². The minimum absolute atomic E-state index is 0.155. The van der Waals surface area contributed by atoms with E-state index in [1.54, 1.807) is 7.11 Å². The molecule has 1 aliphatic heterocycles. The molecule has 0 N–H and O–H groups in total. The van der Waals surface area contributed by atoms with Gasteiger partial charge in [-0.05, 0) is 18.2 Å². The SMILES string of the molecule is COc1cccc(C(=O)CN2CCN(C3=CC=CC=CC3)CC2)c1. The molecule has 0 unspecified atom stereocenters. The van der Waals surface area contributed by atoms with Crippen molar-refractivity contribution in [2.45, 2.75) is 6.42 Å². The van der Waals surface area contributed by atoms with Crippen molar-refractivity contribution in [1.82, 2.24) is 9.80 Å². The minimum Gasteiger partial charge on any atom is -0.497 e. The number of hydrogen-bond donors (Lipinski definition) is 0.